The zero-order valence-corrected chi connectivity index (χ0v) is 20.5. The third-order valence-electron chi connectivity index (χ3n) is 5.53. The average Bonchev–Trinajstić information content (AvgIpc) is 2.90. The number of para-hydroxylation sites is 1. The molecule has 1 fully saturated rings. The van der Waals surface area contributed by atoms with Gasteiger partial charge in [-0.15, -0.1) is 0 Å². The Bertz CT molecular complexity index is 1460. The first kappa shape index (κ1) is 25.8. The van der Waals surface area contributed by atoms with E-state index in [0.717, 1.165) is 10.5 Å². The maximum Gasteiger partial charge on any atom is 0.337 e. The SMILES string of the molecule is COC(=O)c1ccc(N2C(=O)NC(=O)/C(=C\c3ccccc3OCC(=O)Nc3cccc(C)c3)C2=O)cc1. The van der Waals surface area contributed by atoms with Gasteiger partial charge in [-0.3, -0.25) is 19.7 Å². The maximum atomic E-state index is 13.2. The Hall–Kier alpha value is -5.25. The van der Waals surface area contributed by atoms with Crippen LogP contribution in [0.4, 0.5) is 16.2 Å². The summed E-state index contributed by atoms with van der Waals surface area (Å²) in [7, 11) is 1.23. The minimum Gasteiger partial charge on any atom is -0.483 e. The molecular formula is C28H23N3O7. The van der Waals surface area contributed by atoms with Crippen LogP contribution in [0.2, 0.25) is 0 Å². The number of barbiturate groups is 1. The van der Waals surface area contributed by atoms with Gasteiger partial charge in [0.05, 0.1) is 18.4 Å². The normalized spacial score (nSPS) is 14.2. The molecule has 38 heavy (non-hydrogen) atoms. The van der Waals surface area contributed by atoms with E-state index in [1.165, 1.54) is 37.5 Å². The van der Waals surface area contributed by atoms with Crippen molar-refractivity contribution >= 4 is 47.2 Å². The van der Waals surface area contributed by atoms with Crippen LogP contribution in [-0.4, -0.2) is 43.4 Å². The number of aryl methyl sites for hydroxylation is 1. The molecule has 0 saturated carbocycles. The number of ether oxygens (including phenoxy) is 2. The van der Waals surface area contributed by atoms with E-state index in [-0.39, 0.29) is 29.2 Å². The number of esters is 1. The number of nitrogens with one attached hydrogen (secondary N) is 2. The molecule has 192 valence electrons. The van der Waals surface area contributed by atoms with Crippen molar-refractivity contribution in [3.63, 3.8) is 0 Å². The first-order chi connectivity index (χ1) is 18.3. The number of methoxy groups -OCH3 is 1. The standard InChI is InChI=1S/C28H23N3O7/c1-17-6-5-8-20(14-17)29-24(32)16-38-23-9-4-3-7-19(23)15-22-25(33)30-28(36)31(26(22)34)21-12-10-18(11-13-21)27(35)37-2/h3-15H,16H2,1-2H3,(H,29,32)(H,30,33,36)/b22-15+. The molecule has 1 aliphatic rings. The first-order valence-electron chi connectivity index (χ1n) is 11.4. The number of nitrogens with zero attached hydrogens (tertiary/aromatic N) is 1. The van der Waals surface area contributed by atoms with Crippen molar-refractivity contribution in [2.45, 2.75) is 6.92 Å². The number of urea groups is 1. The monoisotopic (exact) mass is 513 g/mol. The van der Waals surface area contributed by atoms with Crippen LogP contribution in [-0.2, 0) is 19.1 Å². The second-order valence-corrected chi connectivity index (χ2v) is 8.24. The lowest BCUT2D eigenvalue weighted by molar-refractivity contribution is -0.122. The third kappa shape index (κ3) is 5.76. The molecule has 2 N–H and O–H groups in total. The summed E-state index contributed by atoms with van der Waals surface area (Å²) in [6.07, 6.45) is 1.29. The van der Waals surface area contributed by atoms with E-state index in [0.29, 0.717) is 11.3 Å². The van der Waals surface area contributed by atoms with Crippen molar-refractivity contribution in [1.82, 2.24) is 5.32 Å². The summed E-state index contributed by atoms with van der Waals surface area (Å²) in [6.45, 7) is 1.59. The van der Waals surface area contributed by atoms with Gasteiger partial charge in [-0.25, -0.2) is 14.5 Å². The van der Waals surface area contributed by atoms with E-state index in [4.69, 9.17) is 4.74 Å². The van der Waals surface area contributed by atoms with Crippen molar-refractivity contribution in [3.05, 3.63) is 95.1 Å². The summed E-state index contributed by atoms with van der Waals surface area (Å²) in [5.41, 5.74) is 2.03. The zero-order valence-electron chi connectivity index (χ0n) is 20.5. The van der Waals surface area contributed by atoms with Gasteiger partial charge in [0.1, 0.15) is 11.3 Å². The van der Waals surface area contributed by atoms with Gasteiger partial charge in [0, 0.05) is 11.3 Å². The van der Waals surface area contributed by atoms with Gasteiger partial charge in [-0.05, 0) is 61.0 Å². The summed E-state index contributed by atoms with van der Waals surface area (Å²) in [4.78, 5) is 63.1. The van der Waals surface area contributed by atoms with Crippen LogP contribution in [0.5, 0.6) is 5.75 Å². The number of carbonyl (C=O) groups excluding carboxylic acids is 5. The highest BCUT2D eigenvalue weighted by atomic mass is 16.5. The molecule has 0 aromatic heterocycles. The van der Waals surface area contributed by atoms with Gasteiger partial charge in [-0.1, -0.05) is 30.3 Å². The fourth-order valence-electron chi connectivity index (χ4n) is 3.71. The van der Waals surface area contributed by atoms with Crippen LogP contribution < -0.4 is 20.3 Å². The summed E-state index contributed by atoms with van der Waals surface area (Å²) in [6, 6.07) is 18.5. The van der Waals surface area contributed by atoms with Gasteiger partial charge < -0.3 is 14.8 Å². The predicted molar refractivity (Wildman–Crippen MR) is 139 cm³/mol. The minimum absolute atomic E-state index is 0.149. The van der Waals surface area contributed by atoms with Crippen LogP contribution in [0, 0.1) is 6.92 Å². The molecule has 0 atom stereocenters. The van der Waals surface area contributed by atoms with Crippen molar-refractivity contribution in [2.75, 3.05) is 23.9 Å². The van der Waals surface area contributed by atoms with E-state index in [9.17, 15) is 24.0 Å². The minimum atomic E-state index is -0.930. The third-order valence-corrected chi connectivity index (χ3v) is 5.53. The molecule has 1 aliphatic heterocycles. The molecule has 5 amide bonds. The Balaban J connectivity index is 1.54. The summed E-state index contributed by atoms with van der Waals surface area (Å²) in [5.74, 6) is -2.46. The van der Waals surface area contributed by atoms with Crippen molar-refractivity contribution < 1.29 is 33.4 Å². The summed E-state index contributed by atoms with van der Waals surface area (Å²) < 4.78 is 10.3. The van der Waals surface area contributed by atoms with E-state index in [1.54, 1.807) is 30.3 Å². The van der Waals surface area contributed by atoms with Crippen molar-refractivity contribution in [3.8, 4) is 5.75 Å². The highest BCUT2D eigenvalue weighted by Crippen LogP contribution is 2.26. The second-order valence-electron chi connectivity index (χ2n) is 8.24. The number of rotatable bonds is 7. The van der Waals surface area contributed by atoms with E-state index in [1.807, 2.05) is 25.1 Å². The molecular weight excluding hydrogens is 490 g/mol. The molecule has 10 nitrogen and oxygen atoms in total. The Kier molecular flexibility index (Phi) is 7.62. The highest BCUT2D eigenvalue weighted by molar-refractivity contribution is 6.39. The van der Waals surface area contributed by atoms with Crippen molar-refractivity contribution in [1.29, 1.82) is 0 Å². The molecule has 0 bridgehead atoms. The predicted octanol–water partition coefficient (Wildman–Crippen LogP) is 3.47. The lowest BCUT2D eigenvalue weighted by atomic mass is 10.1. The second kappa shape index (κ2) is 11.2. The number of benzene rings is 3. The lowest BCUT2D eigenvalue weighted by Crippen LogP contribution is -2.54. The molecule has 1 heterocycles. The molecule has 1 saturated heterocycles. The fourth-order valence-corrected chi connectivity index (χ4v) is 3.71. The van der Waals surface area contributed by atoms with Gasteiger partial charge in [-0.2, -0.15) is 0 Å². The van der Waals surface area contributed by atoms with Crippen LogP contribution in [0.1, 0.15) is 21.5 Å². The van der Waals surface area contributed by atoms with Crippen LogP contribution in [0.25, 0.3) is 6.08 Å². The number of hydrogen-bond acceptors (Lipinski definition) is 7. The molecule has 0 spiro atoms. The van der Waals surface area contributed by atoms with Crippen LogP contribution in [0.3, 0.4) is 0 Å². The summed E-state index contributed by atoms with van der Waals surface area (Å²) in [5, 5.41) is 4.88. The van der Waals surface area contributed by atoms with E-state index >= 15 is 0 Å². The molecule has 3 aromatic rings. The van der Waals surface area contributed by atoms with Crippen molar-refractivity contribution in [2.24, 2.45) is 0 Å². The molecule has 3 aromatic carbocycles. The number of carbonyl (C=O) groups is 5. The van der Waals surface area contributed by atoms with Gasteiger partial charge in [0.2, 0.25) is 0 Å². The van der Waals surface area contributed by atoms with E-state index < -0.39 is 29.7 Å². The zero-order chi connectivity index (χ0) is 27.2. The molecule has 10 heteroatoms. The highest BCUT2D eigenvalue weighted by Gasteiger charge is 2.37. The van der Waals surface area contributed by atoms with Crippen LogP contribution >= 0.6 is 0 Å². The largest absolute Gasteiger partial charge is 0.483 e. The fraction of sp³-hybridized carbons (Fsp3) is 0.107. The van der Waals surface area contributed by atoms with E-state index in [2.05, 4.69) is 15.4 Å². The van der Waals surface area contributed by atoms with Gasteiger partial charge >= 0.3 is 12.0 Å². The summed E-state index contributed by atoms with van der Waals surface area (Å²) >= 11 is 0. The van der Waals surface area contributed by atoms with Gasteiger partial charge in [0.25, 0.3) is 17.7 Å². The quantitative estimate of drug-likeness (QED) is 0.281. The van der Waals surface area contributed by atoms with Gasteiger partial charge in [0.15, 0.2) is 6.61 Å². The maximum absolute atomic E-state index is 13.2. The Morgan fingerprint density at radius 2 is 1.71 bits per heavy atom. The lowest BCUT2D eigenvalue weighted by Gasteiger charge is -2.26. The number of hydrogen-bond donors (Lipinski definition) is 2. The molecule has 0 radical (unpaired) electrons. The number of anilines is 2. The van der Waals surface area contributed by atoms with Crippen LogP contribution in [0.15, 0.2) is 78.4 Å². The number of imide groups is 2. The topological polar surface area (TPSA) is 131 Å². The number of amides is 5. The average molecular weight is 514 g/mol. The first-order valence-corrected chi connectivity index (χ1v) is 11.4. The Morgan fingerprint density at radius 3 is 2.42 bits per heavy atom. The smallest absolute Gasteiger partial charge is 0.337 e. The Labute approximate surface area is 217 Å². The molecule has 0 unspecified atom stereocenters. The molecule has 0 aliphatic carbocycles. The Morgan fingerprint density at radius 1 is 0.974 bits per heavy atom. The molecule has 4 rings (SSSR count).